The van der Waals surface area contributed by atoms with E-state index in [0.717, 1.165) is 0 Å². The van der Waals surface area contributed by atoms with Crippen LogP contribution in [0.5, 0.6) is 0 Å². The molecule has 1 saturated carbocycles. The van der Waals surface area contributed by atoms with Crippen molar-refractivity contribution >= 4 is 11.3 Å². The highest BCUT2D eigenvalue weighted by atomic mass is 32.1. The number of thiophene rings is 1. The highest BCUT2D eigenvalue weighted by Gasteiger charge is 2.33. The second-order valence-corrected chi connectivity index (χ2v) is 6.84. The molecule has 0 saturated heterocycles. The molecule has 1 aromatic rings. The number of nitrogens with one attached hydrogen (secondary N) is 1. The van der Waals surface area contributed by atoms with Crippen LogP contribution in [0.2, 0.25) is 0 Å². The van der Waals surface area contributed by atoms with Gasteiger partial charge in [-0.1, -0.05) is 18.9 Å². The Morgan fingerprint density at radius 1 is 1.39 bits per heavy atom. The van der Waals surface area contributed by atoms with E-state index >= 15 is 0 Å². The molecule has 18 heavy (non-hydrogen) atoms. The predicted octanol–water partition coefficient (Wildman–Crippen LogP) is 3.00. The highest BCUT2D eigenvalue weighted by Crippen LogP contribution is 2.38. The average molecular weight is 266 g/mol. The van der Waals surface area contributed by atoms with E-state index in [0.29, 0.717) is 5.41 Å². The highest BCUT2D eigenvalue weighted by molar-refractivity contribution is 7.09. The smallest absolute Gasteiger partial charge is 0.00579 e. The normalized spacial score (nSPS) is 18.6. The van der Waals surface area contributed by atoms with E-state index in [2.05, 4.69) is 41.8 Å². The van der Waals surface area contributed by atoms with Gasteiger partial charge in [0.2, 0.25) is 0 Å². The molecule has 2 nitrogen and oxygen atoms in total. The average Bonchev–Trinajstić information content (AvgIpc) is 2.98. The summed E-state index contributed by atoms with van der Waals surface area (Å²) in [6.45, 7) is 3.61. The molecule has 1 aromatic heterocycles. The number of hydrogen-bond acceptors (Lipinski definition) is 3. The van der Waals surface area contributed by atoms with Crippen LogP contribution >= 0.6 is 11.3 Å². The van der Waals surface area contributed by atoms with E-state index in [4.69, 9.17) is 0 Å². The maximum absolute atomic E-state index is 3.40. The minimum Gasteiger partial charge on any atom is -0.319 e. The van der Waals surface area contributed by atoms with Crippen molar-refractivity contribution in [2.75, 3.05) is 33.7 Å². The Morgan fingerprint density at radius 3 is 2.78 bits per heavy atom. The third-order valence-corrected chi connectivity index (χ3v) is 5.08. The van der Waals surface area contributed by atoms with E-state index in [9.17, 15) is 0 Å². The Morgan fingerprint density at radius 2 is 2.17 bits per heavy atom. The fourth-order valence-electron chi connectivity index (χ4n) is 3.30. The number of likely N-dealkylation sites (N-methyl/N-ethyl adjacent to an activating group) is 1. The summed E-state index contributed by atoms with van der Waals surface area (Å²) in [6, 6.07) is 4.40. The van der Waals surface area contributed by atoms with Gasteiger partial charge in [0.1, 0.15) is 0 Å². The van der Waals surface area contributed by atoms with Gasteiger partial charge in [0.15, 0.2) is 0 Å². The van der Waals surface area contributed by atoms with Crippen LogP contribution in [-0.4, -0.2) is 38.6 Å². The monoisotopic (exact) mass is 266 g/mol. The molecule has 0 radical (unpaired) electrons. The van der Waals surface area contributed by atoms with E-state index in [1.165, 1.54) is 56.6 Å². The Hall–Kier alpha value is -0.380. The van der Waals surface area contributed by atoms with Gasteiger partial charge in [0, 0.05) is 24.5 Å². The van der Waals surface area contributed by atoms with Crippen molar-refractivity contribution < 1.29 is 0 Å². The lowest BCUT2D eigenvalue weighted by Crippen LogP contribution is -2.41. The summed E-state index contributed by atoms with van der Waals surface area (Å²) in [5.74, 6) is 0. The zero-order valence-electron chi connectivity index (χ0n) is 11.7. The molecule has 0 aromatic carbocycles. The quantitative estimate of drug-likeness (QED) is 0.816. The fraction of sp³-hybridized carbons (Fsp3) is 0.733. The number of rotatable bonds is 7. The third-order valence-electron chi connectivity index (χ3n) is 4.14. The topological polar surface area (TPSA) is 15.3 Å². The first-order valence-corrected chi connectivity index (χ1v) is 7.98. The maximum Gasteiger partial charge on any atom is 0.00579 e. The summed E-state index contributed by atoms with van der Waals surface area (Å²) in [6.07, 6.45) is 6.83. The first-order valence-electron chi connectivity index (χ1n) is 7.10. The first kappa shape index (κ1) is 14.0. The summed E-state index contributed by atoms with van der Waals surface area (Å²) < 4.78 is 0. The summed E-state index contributed by atoms with van der Waals surface area (Å²) in [7, 11) is 4.37. The molecule has 1 heterocycles. The van der Waals surface area contributed by atoms with Crippen molar-refractivity contribution in [1.82, 2.24) is 10.2 Å². The van der Waals surface area contributed by atoms with Crippen LogP contribution in [0.3, 0.4) is 0 Å². The second kappa shape index (κ2) is 6.69. The lowest BCUT2D eigenvalue weighted by atomic mass is 9.85. The van der Waals surface area contributed by atoms with Crippen molar-refractivity contribution in [3.63, 3.8) is 0 Å². The zero-order chi connectivity index (χ0) is 12.8. The molecule has 1 fully saturated rings. The molecule has 0 amide bonds. The van der Waals surface area contributed by atoms with Crippen molar-refractivity contribution in [2.24, 2.45) is 5.41 Å². The van der Waals surface area contributed by atoms with Gasteiger partial charge in [-0.3, -0.25) is 0 Å². The van der Waals surface area contributed by atoms with Crippen LogP contribution in [0.25, 0.3) is 0 Å². The second-order valence-electron chi connectivity index (χ2n) is 5.80. The first-order chi connectivity index (χ1) is 8.74. The summed E-state index contributed by atoms with van der Waals surface area (Å²) in [5.41, 5.74) is 0.541. The van der Waals surface area contributed by atoms with Crippen LogP contribution in [0, 0.1) is 5.41 Å². The standard InChI is InChI=1S/C15H26N2S/c1-16-12-15(8-3-4-9-15)13-17(2)10-7-14-6-5-11-18-14/h5-6,11,16H,3-4,7-10,12-13H2,1-2H3. The zero-order valence-corrected chi connectivity index (χ0v) is 12.6. The van der Waals surface area contributed by atoms with Crippen LogP contribution in [-0.2, 0) is 6.42 Å². The molecule has 2 rings (SSSR count). The minimum absolute atomic E-state index is 0.541. The van der Waals surface area contributed by atoms with E-state index in [1.807, 2.05) is 11.3 Å². The van der Waals surface area contributed by atoms with Crippen LogP contribution in [0.1, 0.15) is 30.6 Å². The molecule has 0 bridgehead atoms. The molecule has 0 aliphatic heterocycles. The molecule has 102 valence electrons. The largest absolute Gasteiger partial charge is 0.319 e. The van der Waals surface area contributed by atoms with E-state index < -0.39 is 0 Å². The molecule has 3 heteroatoms. The Labute approximate surface area is 115 Å². The maximum atomic E-state index is 3.40. The van der Waals surface area contributed by atoms with Crippen molar-refractivity contribution in [3.05, 3.63) is 22.4 Å². The van der Waals surface area contributed by atoms with Crippen molar-refractivity contribution in [3.8, 4) is 0 Å². The number of hydrogen-bond donors (Lipinski definition) is 1. The fourth-order valence-corrected chi connectivity index (χ4v) is 4.00. The third kappa shape index (κ3) is 3.81. The Kier molecular flexibility index (Phi) is 5.22. The van der Waals surface area contributed by atoms with E-state index in [1.54, 1.807) is 0 Å². The molecular weight excluding hydrogens is 240 g/mol. The van der Waals surface area contributed by atoms with Crippen LogP contribution in [0.15, 0.2) is 17.5 Å². The van der Waals surface area contributed by atoms with Gasteiger partial charge in [-0.15, -0.1) is 11.3 Å². The lowest BCUT2D eigenvalue weighted by molar-refractivity contribution is 0.177. The Balaban J connectivity index is 1.79. The molecule has 1 aliphatic carbocycles. The molecule has 1 aliphatic rings. The van der Waals surface area contributed by atoms with Crippen molar-refractivity contribution in [1.29, 1.82) is 0 Å². The van der Waals surface area contributed by atoms with Crippen LogP contribution < -0.4 is 5.32 Å². The summed E-state index contributed by atoms with van der Waals surface area (Å²) in [4.78, 5) is 4.04. The van der Waals surface area contributed by atoms with Gasteiger partial charge in [0.25, 0.3) is 0 Å². The predicted molar refractivity (Wildman–Crippen MR) is 80.3 cm³/mol. The lowest BCUT2D eigenvalue weighted by Gasteiger charge is -2.33. The summed E-state index contributed by atoms with van der Waals surface area (Å²) >= 11 is 1.88. The van der Waals surface area contributed by atoms with Gasteiger partial charge in [-0.05, 0) is 50.2 Å². The molecular formula is C15H26N2S. The molecule has 0 unspecified atom stereocenters. The number of nitrogens with zero attached hydrogens (tertiary/aromatic N) is 1. The van der Waals surface area contributed by atoms with Gasteiger partial charge in [-0.2, -0.15) is 0 Å². The summed E-state index contributed by atoms with van der Waals surface area (Å²) in [5, 5.41) is 5.58. The van der Waals surface area contributed by atoms with Gasteiger partial charge < -0.3 is 10.2 Å². The molecule has 0 atom stereocenters. The minimum atomic E-state index is 0.541. The SMILES string of the molecule is CNCC1(CN(C)CCc2cccs2)CCCC1. The molecule has 0 spiro atoms. The molecule has 1 N–H and O–H groups in total. The van der Waals surface area contributed by atoms with Gasteiger partial charge in [-0.25, -0.2) is 0 Å². The Bertz CT molecular complexity index is 328. The van der Waals surface area contributed by atoms with Gasteiger partial charge in [0.05, 0.1) is 0 Å². The van der Waals surface area contributed by atoms with Crippen molar-refractivity contribution in [2.45, 2.75) is 32.1 Å². The van der Waals surface area contributed by atoms with Crippen LogP contribution in [0.4, 0.5) is 0 Å². The van der Waals surface area contributed by atoms with Gasteiger partial charge >= 0.3 is 0 Å². The van der Waals surface area contributed by atoms with E-state index in [-0.39, 0.29) is 0 Å².